The van der Waals surface area contributed by atoms with E-state index in [-0.39, 0.29) is 0 Å². The van der Waals surface area contributed by atoms with Crippen molar-refractivity contribution in [2.75, 3.05) is 6.61 Å². The van der Waals surface area contributed by atoms with Crippen LogP contribution in [0.4, 0.5) is 5.69 Å². The number of isocyanates is 1. The molecule has 0 saturated heterocycles. The fourth-order valence-electron chi connectivity index (χ4n) is 2.07. The van der Waals surface area contributed by atoms with Crippen LogP contribution in [-0.2, 0) is 4.79 Å². The molecule has 0 amide bonds. The van der Waals surface area contributed by atoms with Gasteiger partial charge in [-0.2, -0.15) is 4.99 Å². The minimum absolute atomic E-state index is 0.606. The van der Waals surface area contributed by atoms with Crippen LogP contribution in [0.15, 0.2) is 29.3 Å². The molecular formula is C17H25NO2. The predicted octanol–water partition coefficient (Wildman–Crippen LogP) is 4.89. The molecule has 0 fully saturated rings. The quantitative estimate of drug-likeness (QED) is 0.475. The summed E-state index contributed by atoms with van der Waals surface area (Å²) in [5.74, 6) is 2.32. The zero-order valence-corrected chi connectivity index (χ0v) is 12.8. The van der Waals surface area contributed by atoms with Gasteiger partial charge in [0.15, 0.2) is 0 Å². The Morgan fingerprint density at radius 2 is 1.80 bits per heavy atom. The summed E-state index contributed by atoms with van der Waals surface area (Å²) >= 11 is 0. The van der Waals surface area contributed by atoms with E-state index in [0.29, 0.717) is 11.6 Å². The summed E-state index contributed by atoms with van der Waals surface area (Å²) in [5.41, 5.74) is 0.606. The molecule has 3 nitrogen and oxygen atoms in total. The van der Waals surface area contributed by atoms with Gasteiger partial charge < -0.3 is 4.74 Å². The van der Waals surface area contributed by atoms with E-state index < -0.39 is 0 Å². The Hall–Kier alpha value is -1.60. The van der Waals surface area contributed by atoms with Crippen molar-refractivity contribution >= 4 is 11.8 Å². The molecule has 20 heavy (non-hydrogen) atoms. The van der Waals surface area contributed by atoms with Crippen LogP contribution in [0, 0.1) is 11.8 Å². The van der Waals surface area contributed by atoms with Gasteiger partial charge in [-0.15, -0.1) is 0 Å². The third-order valence-corrected chi connectivity index (χ3v) is 3.37. The van der Waals surface area contributed by atoms with Crippen LogP contribution in [0.2, 0.25) is 0 Å². The molecule has 0 aliphatic carbocycles. The summed E-state index contributed by atoms with van der Waals surface area (Å²) in [6, 6.07) is 7.18. The van der Waals surface area contributed by atoms with Crippen LogP contribution in [-0.4, -0.2) is 12.7 Å². The first-order valence-electron chi connectivity index (χ1n) is 7.42. The lowest BCUT2D eigenvalue weighted by atomic mass is 9.98. The van der Waals surface area contributed by atoms with Crippen LogP contribution in [0.25, 0.3) is 0 Å². The maximum Gasteiger partial charge on any atom is 0.240 e. The van der Waals surface area contributed by atoms with Crippen molar-refractivity contribution in [1.82, 2.24) is 0 Å². The summed E-state index contributed by atoms with van der Waals surface area (Å²) in [7, 11) is 0. The molecule has 0 radical (unpaired) electrons. The topological polar surface area (TPSA) is 38.7 Å². The number of carbonyl (C=O) groups excluding carboxylic acids is 1. The van der Waals surface area contributed by atoms with Crippen molar-refractivity contribution in [3.63, 3.8) is 0 Å². The van der Waals surface area contributed by atoms with Gasteiger partial charge in [-0.25, -0.2) is 4.79 Å². The molecule has 0 unspecified atom stereocenters. The first-order chi connectivity index (χ1) is 9.61. The largest absolute Gasteiger partial charge is 0.494 e. The van der Waals surface area contributed by atoms with Crippen molar-refractivity contribution < 1.29 is 9.53 Å². The smallest absolute Gasteiger partial charge is 0.240 e. The number of hydrogen-bond acceptors (Lipinski definition) is 3. The Balaban J connectivity index is 2.21. The lowest BCUT2D eigenvalue weighted by Crippen LogP contribution is -2.04. The van der Waals surface area contributed by atoms with Gasteiger partial charge >= 0.3 is 0 Å². The molecule has 1 rings (SSSR count). The highest BCUT2D eigenvalue weighted by Gasteiger charge is 2.04. The fourth-order valence-corrected chi connectivity index (χ4v) is 2.07. The summed E-state index contributed by atoms with van der Waals surface area (Å²) in [5, 5.41) is 0. The van der Waals surface area contributed by atoms with Crippen molar-refractivity contribution in [3.8, 4) is 5.75 Å². The summed E-state index contributed by atoms with van der Waals surface area (Å²) < 4.78 is 5.70. The van der Waals surface area contributed by atoms with Crippen molar-refractivity contribution in [3.05, 3.63) is 24.3 Å². The monoisotopic (exact) mass is 275 g/mol. The molecule has 0 N–H and O–H groups in total. The summed E-state index contributed by atoms with van der Waals surface area (Å²) in [6.07, 6.45) is 6.48. The van der Waals surface area contributed by atoms with Gasteiger partial charge in [-0.1, -0.05) is 40.0 Å². The molecular weight excluding hydrogens is 250 g/mol. The Bertz CT molecular complexity index is 419. The second kappa shape index (κ2) is 9.33. The van der Waals surface area contributed by atoms with E-state index in [1.807, 2.05) is 12.1 Å². The molecule has 0 saturated carbocycles. The second-order valence-corrected chi connectivity index (χ2v) is 5.76. The molecule has 1 aromatic carbocycles. The molecule has 0 aliphatic rings. The van der Waals surface area contributed by atoms with E-state index in [1.54, 1.807) is 12.1 Å². The second-order valence-electron chi connectivity index (χ2n) is 5.76. The number of nitrogens with zero attached hydrogens (tertiary/aromatic N) is 1. The SMILES string of the molecule is CC(C)CCC[C@H](C)CCOc1ccc(N=C=O)cc1. The molecule has 0 aliphatic heterocycles. The lowest BCUT2D eigenvalue weighted by molar-refractivity contribution is 0.276. The molecule has 110 valence electrons. The number of rotatable bonds is 9. The average Bonchev–Trinajstić information content (AvgIpc) is 2.40. The van der Waals surface area contributed by atoms with Gasteiger partial charge in [0.1, 0.15) is 5.75 Å². The van der Waals surface area contributed by atoms with Gasteiger partial charge in [-0.05, 0) is 42.5 Å². The first kappa shape index (κ1) is 16.5. The van der Waals surface area contributed by atoms with E-state index in [9.17, 15) is 4.79 Å². The molecule has 0 aromatic heterocycles. The maximum atomic E-state index is 10.1. The van der Waals surface area contributed by atoms with Crippen LogP contribution >= 0.6 is 0 Å². The van der Waals surface area contributed by atoms with Crippen molar-refractivity contribution in [1.29, 1.82) is 0 Å². The van der Waals surface area contributed by atoms with Gasteiger partial charge in [0.05, 0.1) is 12.3 Å². The Morgan fingerprint density at radius 1 is 1.10 bits per heavy atom. The Kier molecular flexibility index (Phi) is 7.67. The van der Waals surface area contributed by atoms with Gasteiger partial charge in [0.25, 0.3) is 0 Å². The Morgan fingerprint density at radius 3 is 2.40 bits per heavy atom. The minimum atomic E-state index is 0.606. The van der Waals surface area contributed by atoms with Crippen molar-refractivity contribution in [2.24, 2.45) is 16.8 Å². The van der Waals surface area contributed by atoms with Crippen LogP contribution in [0.5, 0.6) is 5.75 Å². The van der Waals surface area contributed by atoms with Gasteiger partial charge in [0, 0.05) is 0 Å². The van der Waals surface area contributed by atoms with E-state index in [4.69, 9.17) is 4.74 Å². The number of ether oxygens (including phenoxy) is 1. The van der Waals surface area contributed by atoms with E-state index in [2.05, 4.69) is 25.8 Å². The predicted molar refractivity (Wildman–Crippen MR) is 82.2 cm³/mol. The highest BCUT2D eigenvalue weighted by Crippen LogP contribution is 2.19. The molecule has 1 atom stereocenters. The number of aliphatic imine (C=N–C) groups is 1. The highest BCUT2D eigenvalue weighted by atomic mass is 16.5. The summed E-state index contributed by atoms with van der Waals surface area (Å²) in [6.45, 7) is 7.56. The number of benzene rings is 1. The molecule has 3 heteroatoms. The number of hydrogen-bond donors (Lipinski definition) is 0. The van der Waals surface area contributed by atoms with Crippen LogP contribution < -0.4 is 4.74 Å². The standard InChI is InChI=1S/C17H25NO2/c1-14(2)5-4-6-15(3)11-12-20-17-9-7-16(8-10-17)18-13-19/h7-10,14-15H,4-6,11-12H2,1-3H3/t15-/m0/s1. The molecule has 0 bridgehead atoms. The maximum absolute atomic E-state index is 10.1. The molecule has 1 aromatic rings. The Labute approximate surface area is 122 Å². The van der Waals surface area contributed by atoms with E-state index in [0.717, 1.165) is 24.7 Å². The molecule has 0 heterocycles. The normalized spacial score (nSPS) is 12.0. The third kappa shape index (κ3) is 7.10. The molecule has 0 spiro atoms. The minimum Gasteiger partial charge on any atom is -0.494 e. The highest BCUT2D eigenvalue weighted by molar-refractivity contribution is 5.49. The zero-order chi connectivity index (χ0) is 14.8. The fraction of sp³-hybridized carbons (Fsp3) is 0.588. The van der Waals surface area contributed by atoms with Crippen molar-refractivity contribution in [2.45, 2.75) is 46.5 Å². The third-order valence-electron chi connectivity index (χ3n) is 3.37. The van der Waals surface area contributed by atoms with Crippen LogP contribution in [0.3, 0.4) is 0 Å². The summed E-state index contributed by atoms with van der Waals surface area (Å²) in [4.78, 5) is 13.7. The zero-order valence-electron chi connectivity index (χ0n) is 12.8. The first-order valence-corrected chi connectivity index (χ1v) is 7.42. The average molecular weight is 275 g/mol. The van der Waals surface area contributed by atoms with Crippen LogP contribution in [0.1, 0.15) is 46.5 Å². The lowest BCUT2D eigenvalue weighted by Gasteiger charge is -2.13. The van der Waals surface area contributed by atoms with Gasteiger partial charge in [0.2, 0.25) is 6.08 Å². The van der Waals surface area contributed by atoms with Gasteiger partial charge in [-0.3, -0.25) is 0 Å². The van der Waals surface area contributed by atoms with E-state index >= 15 is 0 Å². The van der Waals surface area contributed by atoms with E-state index in [1.165, 1.54) is 25.3 Å².